The van der Waals surface area contributed by atoms with E-state index in [0.29, 0.717) is 17.2 Å². The Kier molecular flexibility index (Phi) is 6.57. The van der Waals surface area contributed by atoms with Crippen LogP contribution in [0.5, 0.6) is 5.75 Å². The number of hydrogen-bond donors (Lipinski definition) is 0. The lowest BCUT2D eigenvalue weighted by molar-refractivity contribution is 0.415. The van der Waals surface area contributed by atoms with Crippen molar-refractivity contribution in [1.82, 2.24) is 9.97 Å². The number of benzene rings is 1. The second-order valence-corrected chi connectivity index (χ2v) is 8.13. The van der Waals surface area contributed by atoms with Crippen molar-refractivity contribution in [2.45, 2.75) is 38.3 Å². The topological polar surface area (TPSA) is 62.0 Å². The summed E-state index contributed by atoms with van der Waals surface area (Å²) in [5.74, 6) is 3.08. The van der Waals surface area contributed by atoms with Gasteiger partial charge in [0.2, 0.25) is 0 Å². The first-order chi connectivity index (χ1) is 13.1. The summed E-state index contributed by atoms with van der Waals surface area (Å²) in [5.41, 5.74) is 2.19. The lowest BCUT2D eigenvalue weighted by Gasteiger charge is -2.29. The highest BCUT2D eigenvalue weighted by atomic mass is 32.2. The van der Waals surface area contributed by atoms with E-state index in [1.54, 1.807) is 18.9 Å². The average Bonchev–Trinajstić information content (AvgIpc) is 2.72. The van der Waals surface area contributed by atoms with Gasteiger partial charge in [-0.05, 0) is 49.4 Å². The monoisotopic (exact) mass is 382 g/mol. The zero-order valence-corrected chi connectivity index (χ0v) is 17.1. The summed E-state index contributed by atoms with van der Waals surface area (Å²) in [4.78, 5) is 11.8. The molecule has 0 amide bonds. The fourth-order valence-corrected chi connectivity index (χ4v) is 3.92. The summed E-state index contributed by atoms with van der Waals surface area (Å²) in [5, 5.41) is 10.7. The Balaban J connectivity index is 2.07. The van der Waals surface area contributed by atoms with Gasteiger partial charge in [-0.1, -0.05) is 25.6 Å². The van der Waals surface area contributed by atoms with Gasteiger partial charge in [-0.15, -0.1) is 0 Å². The molecule has 3 rings (SSSR count). The molecule has 0 aliphatic carbocycles. The number of ether oxygens (including phenoxy) is 1. The van der Waals surface area contributed by atoms with Crippen molar-refractivity contribution in [3.8, 4) is 23.1 Å². The summed E-state index contributed by atoms with van der Waals surface area (Å²) in [6.45, 7) is 6.27. The number of anilines is 1. The van der Waals surface area contributed by atoms with Gasteiger partial charge in [0.15, 0.2) is 11.0 Å². The van der Waals surface area contributed by atoms with Crippen LogP contribution in [0.25, 0.3) is 11.3 Å². The van der Waals surface area contributed by atoms with E-state index in [1.165, 1.54) is 6.42 Å². The largest absolute Gasteiger partial charge is 0.497 e. The van der Waals surface area contributed by atoms with Crippen LogP contribution in [0.3, 0.4) is 0 Å². The lowest BCUT2D eigenvalue weighted by Crippen LogP contribution is -2.31. The van der Waals surface area contributed by atoms with Gasteiger partial charge in [-0.3, -0.25) is 0 Å². The summed E-state index contributed by atoms with van der Waals surface area (Å²) in [7, 11) is 1.65. The maximum absolute atomic E-state index is 9.91. The molecule has 0 saturated carbocycles. The molecule has 1 fully saturated rings. The molecule has 0 unspecified atom stereocenters. The highest BCUT2D eigenvalue weighted by Crippen LogP contribution is 2.33. The molecule has 27 heavy (non-hydrogen) atoms. The van der Waals surface area contributed by atoms with Crippen LogP contribution in [0.15, 0.2) is 29.4 Å². The predicted octanol–water partition coefficient (Wildman–Crippen LogP) is 4.76. The number of thioether (sulfide) groups is 1. The number of rotatable bonds is 6. The van der Waals surface area contributed by atoms with Gasteiger partial charge in [-0.2, -0.15) is 5.26 Å². The van der Waals surface area contributed by atoms with Gasteiger partial charge in [0, 0.05) is 24.4 Å². The summed E-state index contributed by atoms with van der Waals surface area (Å²) < 4.78 is 5.26. The van der Waals surface area contributed by atoms with E-state index in [0.717, 1.165) is 54.0 Å². The van der Waals surface area contributed by atoms with Crippen LogP contribution in [0.4, 0.5) is 5.82 Å². The molecule has 0 atom stereocenters. The van der Waals surface area contributed by atoms with Crippen LogP contribution in [-0.2, 0) is 0 Å². The number of nitrogens with zero attached hydrogens (tertiary/aromatic N) is 4. The van der Waals surface area contributed by atoms with Crippen LogP contribution in [0.1, 0.15) is 38.7 Å². The minimum absolute atomic E-state index is 0.553. The van der Waals surface area contributed by atoms with Crippen molar-refractivity contribution in [2.24, 2.45) is 5.92 Å². The van der Waals surface area contributed by atoms with E-state index in [4.69, 9.17) is 14.7 Å². The van der Waals surface area contributed by atoms with Crippen molar-refractivity contribution >= 4 is 17.6 Å². The van der Waals surface area contributed by atoms with Crippen LogP contribution in [0.2, 0.25) is 0 Å². The van der Waals surface area contributed by atoms with Crippen LogP contribution in [0, 0.1) is 17.2 Å². The molecular weight excluding hydrogens is 356 g/mol. The van der Waals surface area contributed by atoms with Crippen LogP contribution >= 0.6 is 11.8 Å². The van der Waals surface area contributed by atoms with Crippen molar-refractivity contribution in [1.29, 1.82) is 5.26 Å². The van der Waals surface area contributed by atoms with E-state index in [2.05, 4.69) is 24.8 Å². The molecule has 1 aliphatic rings. The van der Waals surface area contributed by atoms with E-state index in [9.17, 15) is 5.26 Å². The first-order valence-electron chi connectivity index (χ1n) is 9.46. The molecule has 1 aromatic heterocycles. The Morgan fingerprint density at radius 2 is 1.85 bits per heavy atom. The molecule has 0 bridgehead atoms. The van der Waals surface area contributed by atoms with Gasteiger partial charge in [0.05, 0.1) is 12.8 Å². The Hall–Kier alpha value is -2.26. The minimum Gasteiger partial charge on any atom is -0.497 e. The van der Waals surface area contributed by atoms with E-state index < -0.39 is 0 Å². The second kappa shape index (κ2) is 9.09. The van der Waals surface area contributed by atoms with Gasteiger partial charge in [0.25, 0.3) is 0 Å². The zero-order valence-electron chi connectivity index (χ0n) is 16.2. The number of piperidine rings is 1. The molecule has 5 nitrogen and oxygen atoms in total. The number of aromatic nitrogens is 2. The normalized spacial score (nSPS) is 14.3. The quantitative estimate of drug-likeness (QED) is 0.530. The molecule has 1 saturated heterocycles. The highest BCUT2D eigenvalue weighted by Gasteiger charge is 2.22. The van der Waals surface area contributed by atoms with Crippen molar-refractivity contribution in [3.05, 3.63) is 29.8 Å². The van der Waals surface area contributed by atoms with Crippen LogP contribution < -0.4 is 9.64 Å². The molecule has 6 heteroatoms. The van der Waals surface area contributed by atoms with Crippen LogP contribution in [-0.4, -0.2) is 35.9 Å². The van der Waals surface area contributed by atoms with E-state index in [-0.39, 0.29) is 0 Å². The first-order valence-corrected chi connectivity index (χ1v) is 10.4. The first kappa shape index (κ1) is 19.5. The third-order valence-electron chi connectivity index (χ3n) is 4.55. The lowest BCUT2D eigenvalue weighted by atomic mass is 10.1. The smallest absolute Gasteiger partial charge is 0.190 e. The molecule has 2 aromatic rings. The maximum Gasteiger partial charge on any atom is 0.190 e. The SMILES string of the molecule is COc1ccc(-c2nc(SCC(C)C)nc(N3CCCCC3)c2C#N)cc1. The summed E-state index contributed by atoms with van der Waals surface area (Å²) in [6.07, 6.45) is 3.52. The summed E-state index contributed by atoms with van der Waals surface area (Å²) in [6, 6.07) is 10.1. The van der Waals surface area contributed by atoms with Crippen molar-refractivity contribution in [3.63, 3.8) is 0 Å². The second-order valence-electron chi connectivity index (χ2n) is 7.15. The van der Waals surface area contributed by atoms with Gasteiger partial charge in [0.1, 0.15) is 17.4 Å². The van der Waals surface area contributed by atoms with Crippen molar-refractivity contribution in [2.75, 3.05) is 30.9 Å². The average molecular weight is 383 g/mol. The fourth-order valence-electron chi connectivity index (χ4n) is 3.13. The molecule has 1 aliphatic heterocycles. The zero-order chi connectivity index (χ0) is 19.2. The van der Waals surface area contributed by atoms with Crippen molar-refractivity contribution < 1.29 is 4.74 Å². The Bertz CT molecular complexity index is 808. The molecule has 1 aromatic carbocycles. The van der Waals surface area contributed by atoms with E-state index >= 15 is 0 Å². The third kappa shape index (κ3) is 4.72. The number of hydrogen-bond acceptors (Lipinski definition) is 6. The molecule has 0 N–H and O–H groups in total. The molecule has 0 spiro atoms. The maximum atomic E-state index is 9.91. The molecule has 142 valence electrons. The standard InChI is InChI=1S/C21H26N4OS/c1-15(2)14-27-21-23-19(16-7-9-17(26-3)10-8-16)18(13-22)20(24-21)25-11-5-4-6-12-25/h7-10,15H,4-6,11-12,14H2,1-3H3. The minimum atomic E-state index is 0.553. The van der Waals surface area contributed by atoms with Gasteiger partial charge >= 0.3 is 0 Å². The third-order valence-corrected chi connectivity index (χ3v) is 5.82. The van der Waals surface area contributed by atoms with Gasteiger partial charge in [-0.25, -0.2) is 9.97 Å². The Labute approximate surface area is 165 Å². The Morgan fingerprint density at radius 3 is 2.44 bits per heavy atom. The molecule has 0 radical (unpaired) electrons. The highest BCUT2D eigenvalue weighted by molar-refractivity contribution is 7.99. The Morgan fingerprint density at radius 1 is 1.15 bits per heavy atom. The number of nitriles is 1. The van der Waals surface area contributed by atoms with E-state index in [1.807, 2.05) is 24.3 Å². The molecule has 2 heterocycles. The predicted molar refractivity (Wildman–Crippen MR) is 110 cm³/mol. The van der Waals surface area contributed by atoms with Gasteiger partial charge < -0.3 is 9.64 Å². The summed E-state index contributed by atoms with van der Waals surface area (Å²) >= 11 is 1.66. The fraction of sp³-hybridized carbons (Fsp3) is 0.476. The molecular formula is C21H26N4OS. The number of methoxy groups -OCH3 is 1.